The summed E-state index contributed by atoms with van der Waals surface area (Å²) in [4.78, 5) is 22.3. The Hall–Kier alpha value is -1.45. The second kappa shape index (κ2) is 4.60. The van der Waals surface area contributed by atoms with Crippen molar-refractivity contribution in [1.29, 1.82) is 0 Å². The SMILES string of the molecule is CC(C)C(=O)N1CCC[C@H]1c1cnccn1. The molecule has 1 atom stereocenters. The normalized spacial score (nSPS) is 20.4. The Morgan fingerprint density at radius 1 is 1.50 bits per heavy atom. The van der Waals surface area contributed by atoms with Crippen LogP contribution in [0.5, 0.6) is 0 Å². The van der Waals surface area contributed by atoms with E-state index in [9.17, 15) is 4.79 Å². The van der Waals surface area contributed by atoms with Gasteiger partial charge in [-0.2, -0.15) is 0 Å². The number of hydrogen-bond acceptors (Lipinski definition) is 3. The number of carbonyl (C=O) groups is 1. The lowest BCUT2D eigenvalue weighted by Crippen LogP contribution is -2.34. The monoisotopic (exact) mass is 219 g/mol. The first kappa shape index (κ1) is 11.0. The van der Waals surface area contributed by atoms with Crippen LogP contribution in [0.15, 0.2) is 18.6 Å². The van der Waals surface area contributed by atoms with Crippen molar-refractivity contribution in [3.63, 3.8) is 0 Å². The van der Waals surface area contributed by atoms with Crippen LogP contribution in [0.2, 0.25) is 0 Å². The number of nitrogens with zero attached hydrogens (tertiary/aromatic N) is 3. The highest BCUT2D eigenvalue weighted by molar-refractivity contribution is 5.78. The van der Waals surface area contributed by atoms with E-state index >= 15 is 0 Å². The third-order valence-corrected chi connectivity index (χ3v) is 2.95. The molecule has 1 aliphatic heterocycles. The van der Waals surface area contributed by atoms with Crippen molar-refractivity contribution in [2.24, 2.45) is 5.92 Å². The maximum Gasteiger partial charge on any atom is 0.225 e. The second-order valence-electron chi connectivity index (χ2n) is 4.47. The van der Waals surface area contributed by atoms with Crippen LogP contribution in [0.4, 0.5) is 0 Å². The van der Waals surface area contributed by atoms with Crippen molar-refractivity contribution in [2.45, 2.75) is 32.7 Å². The predicted molar refractivity (Wildman–Crippen MR) is 60.6 cm³/mol. The van der Waals surface area contributed by atoms with Gasteiger partial charge in [-0.3, -0.25) is 14.8 Å². The number of rotatable bonds is 2. The first-order valence-electron chi connectivity index (χ1n) is 5.76. The fraction of sp³-hybridized carbons (Fsp3) is 0.583. The van der Waals surface area contributed by atoms with Crippen LogP contribution in [0.1, 0.15) is 38.4 Å². The molecule has 4 heteroatoms. The van der Waals surface area contributed by atoms with Gasteiger partial charge in [0.05, 0.1) is 17.9 Å². The average Bonchev–Trinajstić information content (AvgIpc) is 2.77. The smallest absolute Gasteiger partial charge is 0.225 e. The first-order chi connectivity index (χ1) is 7.70. The lowest BCUT2D eigenvalue weighted by Gasteiger charge is -2.25. The van der Waals surface area contributed by atoms with Crippen LogP contribution in [0, 0.1) is 5.92 Å². The molecule has 1 fully saturated rings. The van der Waals surface area contributed by atoms with Crippen molar-refractivity contribution in [1.82, 2.24) is 14.9 Å². The largest absolute Gasteiger partial charge is 0.334 e. The molecule has 0 aromatic carbocycles. The van der Waals surface area contributed by atoms with Crippen LogP contribution < -0.4 is 0 Å². The van der Waals surface area contributed by atoms with Gasteiger partial charge in [0.25, 0.3) is 0 Å². The molecule has 4 nitrogen and oxygen atoms in total. The fourth-order valence-corrected chi connectivity index (χ4v) is 2.15. The molecule has 16 heavy (non-hydrogen) atoms. The molecule has 0 saturated carbocycles. The van der Waals surface area contributed by atoms with E-state index in [0.29, 0.717) is 0 Å². The first-order valence-corrected chi connectivity index (χ1v) is 5.76. The summed E-state index contributed by atoms with van der Waals surface area (Å²) in [6, 6.07) is 0.128. The zero-order valence-electron chi connectivity index (χ0n) is 9.76. The molecule has 0 N–H and O–H groups in total. The minimum absolute atomic E-state index is 0.0530. The van der Waals surface area contributed by atoms with Gasteiger partial charge in [-0.05, 0) is 12.8 Å². The van der Waals surface area contributed by atoms with Gasteiger partial charge >= 0.3 is 0 Å². The van der Waals surface area contributed by atoms with Crippen LogP contribution in [0.25, 0.3) is 0 Å². The molecule has 1 aromatic rings. The zero-order chi connectivity index (χ0) is 11.5. The molecular formula is C12H17N3O. The highest BCUT2D eigenvalue weighted by Gasteiger charge is 2.31. The summed E-state index contributed by atoms with van der Waals surface area (Å²) < 4.78 is 0. The molecule has 1 amide bonds. The van der Waals surface area contributed by atoms with E-state index in [4.69, 9.17) is 0 Å². The molecule has 1 aromatic heterocycles. The number of aromatic nitrogens is 2. The van der Waals surface area contributed by atoms with E-state index in [0.717, 1.165) is 25.1 Å². The van der Waals surface area contributed by atoms with Crippen molar-refractivity contribution in [2.75, 3.05) is 6.54 Å². The van der Waals surface area contributed by atoms with E-state index in [-0.39, 0.29) is 17.9 Å². The molecule has 0 bridgehead atoms. The number of likely N-dealkylation sites (tertiary alicyclic amines) is 1. The standard InChI is InChI=1S/C12H17N3O/c1-9(2)12(16)15-7-3-4-11(15)10-8-13-5-6-14-10/h5-6,8-9,11H,3-4,7H2,1-2H3/t11-/m0/s1. The third kappa shape index (κ3) is 2.05. The topological polar surface area (TPSA) is 46.1 Å². The molecule has 1 saturated heterocycles. The number of carbonyl (C=O) groups excluding carboxylic acids is 1. The Morgan fingerprint density at radius 3 is 2.94 bits per heavy atom. The van der Waals surface area contributed by atoms with Crippen molar-refractivity contribution >= 4 is 5.91 Å². The van der Waals surface area contributed by atoms with Crippen molar-refractivity contribution < 1.29 is 4.79 Å². The Kier molecular flexibility index (Phi) is 3.17. The summed E-state index contributed by atoms with van der Waals surface area (Å²) in [5, 5.41) is 0. The van der Waals surface area contributed by atoms with Crippen molar-refractivity contribution in [3.05, 3.63) is 24.3 Å². The van der Waals surface area contributed by atoms with Gasteiger partial charge in [-0.1, -0.05) is 13.8 Å². The van der Waals surface area contributed by atoms with Crippen molar-refractivity contribution in [3.8, 4) is 0 Å². The van der Waals surface area contributed by atoms with Crippen LogP contribution in [0.3, 0.4) is 0 Å². The van der Waals surface area contributed by atoms with E-state index in [1.807, 2.05) is 18.7 Å². The van der Waals surface area contributed by atoms with Gasteiger partial charge in [0, 0.05) is 24.9 Å². The van der Waals surface area contributed by atoms with Gasteiger partial charge in [0.15, 0.2) is 0 Å². The van der Waals surface area contributed by atoms with E-state index < -0.39 is 0 Å². The lowest BCUT2D eigenvalue weighted by atomic mass is 10.1. The predicted octanol–water partition coefficient (Wildman–Crippen LogP) is 1.80. The van der Waals surface area contributed by atoms with Crippen LogP contribution in [-0.4, -0.2) is 27.3 Å². The summed E-state index contributed by atoms with van der Waals surface area (Å²) in [5.74, 6) is 0.269. The fourth-order valence-electron chi connectivity index (χ4n) is 2.15. The molecule has 2 rings (SSSR count). The molecule has 0 aliphatic carbocycles. The Bertz CT molecular complexity index is 364. The average molecular weight is 219 g/mol. The maximum absolute atomic E-state index is 12.0. The quantitative estimate of drug-likeness (QED) is 0.762. The highest BCUT2D eigenvalue weighted by Crippen LogP contribution is 2.31. The van der Waals surface area contributed by atoms with Gasteiger partial charge in [-0.25, -0.2) is 0 Å². The Morgan fingerprint density at radius 2 is 2.31 bits per heavy atom. The highest BCUT2D eigenvalue weighted by atomic mass is 16.2. The third-order valence-electron chi connectivity index (χ3n) is 2.95. The van der Waals surface area contributed by atoms with Crippen LogP contribution in [-0.2, 0) is 4.79 Å². The van der Waals surface area contributed by atoms with E-state index in [2.05, 4.69) is 9.97 Å². The summed E-state index contributed by atoms with van der Waals surface area (Å²) in [6.07, 6.45) is 7.16. The molecule has 2 heterocycles. The van der Waals surface area contributed by atoms with Gasteiger partial charge in [0.1, 0.15) is 0 Å². The molecule has 0 unspecified atom stereocenters. The van der Waals surface area contributed by atoms with Crippen LogP contribution >= 0.6 is 0 Å². The minimum Gasteiger partial charge on any atom is -0.334 e. The second-order valence-corrected chi connectivity index (χ2v) is 4.47. The molecule has 86 valence electrons. The van der Waals surface area contributed by atoms with Gasteiger partial charge in [-0.15, -0.1) is 0 Å². The minimum atomic E-state index is 0.0530. The molecule has 0 radical (unpaired) electrons. The Labute approximate surface area is 95.7 Å². The molecular weight excluding hydrogens is 202 g/mol. The Balaban J connectivity index is 2.19. The summed E-state index contributed by atoms with van der Waals surface area (Å²) >= 11 is 0. The zero-order valence-corrected chi connectivity index (χ0v) is 9.76. The number of amides is 1. The van der Waals surface area contributed by atoms with E-state index in [1.165, 1.54) is 0 Å². The molecule has 1 aliphatic rings. The molecule has 0 spiro atoms. The maximum atomic E-state index is 12.0. The van der Waals surface area contributed by atoms with E-state index in [1.54, 1.807) is 18.6 Å². The lowest BCUT2D eigenvalue weighted by molar-refractivity contribution is -0.135. The number of hydrogen-bond donors (Lipinski definition) is 0. The van der Waals surface area contributed by atoms with Gasteiger partial charge in [0.2, 0.25) is 5.91 Å². The van der Waals surface area contributed by atoms with Gasteiger partial charge < -0.3 is 4.90 Å². The summed E-state index contributed by atoms with van der Waals surface area (Å²) in [5.41, 5.74) is 0.911. The summed E-state index contributed by atoms with van der Waals surface area (Å²) in [6.45, 7) is 4.72. The summed E-state index contributed by atoms with van der Waals surface area (Å²) in [7, 11) is 0.